The summed E-state index contributed by atoms with van der Waals surface area (Å²) in [5, 5.41) is 6.46. The second-order valence-corrected chi connectivity index (χ2v) is 4.56. The monoisotopic (exact) mass is 221 g/mol. The highest BCUT2D eigenvalue weighted by molar-refractivity contribution is 8.22. The summed E-state index contributed by atoms with van der Waals surface area (Å²) in [6.45, 7) is 3.21. The summed E-state index contributed by atoms with van der Waals surface area (Å²) in [5.41, 5.74) is 5.34. The van der Waals surface area contributed by atoms with Crippen LogP contribution in [-0.4, -0.2) is 36.8 Å². The molecule has 0 saturated heterocycles. The van der Waals surface area contributed by atoms with Crippen LogP contribution < -0.4 is 16.4 Å². The fraction of sp³-hybridized carbons (Fsp3) is 0.875. The summed E-state index contributed by atoms with van der Waals surface area (Å²) in [6, 6.07) is 0. The molecule has 0 bridgehead atoms. The number of thioether (sulfide) groups is 1. The first kappa shape index (κ1) is 13.2. The average Bonchev–Trinajstić information content (AvgIpc) is 2.09. The molecule has 3 nitrogen and oxygen atoms in total. The van der Waals surface area contributed by atoms with E-state index in [2.05, 4.69) is 10.6 Å². The smallest absolute Gasteiger partial charge is 0.131 e. The van der Waals surface area contributed by atoms with Crippen LogP contribution in [0, 0.1) is 0 Å². The summed E-state index contributed by atoms with van der Waals surface area (Å²) in [7, 11) is 1.97. The van der Waals surface area contributed by atoms with E-state index in [-0.39, 0.29) is 0 Å². The Bertz CT molecular complexity index is 131. The van der Waals surface area contributed by atoms with Gasteiger partial charge in [-0.05, 0) is 39.5 Å². The van der Waals surface area contributed by atoms with Crippen LogP contribution in [-0.2, 0) is 0 Å². The molecule has 0 fully saturated rings. The minimum Gasteiger partial charge on any atom is -0.385 e. The maximum atomic E-state index is 5.34. The van der Waals surface area contributed by atoms with E-state index < -0.39 is 0 Å². The predicted molar refractivity (Wildman–Crippen MR) is 65.3 cm³/mol. The molecule has 0 saturated carbocycles. The van der Waals surface area contributed by atoms with E-state index in [1.807, 2.05) is 7.05 Å². The van der Waals surface area contributed by atoms with Gasteiger partial charge in [-0.25, -0.2) is 0 Å². The van der Waals surface area contributed by atoms with Crippen LogP contribution in [0.25, 0.3) is 0 Å². The SMILES string of the molecule is CNCCCNCCCSC(N)=S. The Kier molecular flexibility index (Phi) is 10.4. The number of thiocarbonyl (C=S) groups is 1. The molecule has 0 amide bonds. The molecule has 0 unspecified atom stereocenters. The normalized spacial score (nSPS) is 10.2. The van der Waals surface area contributed by atoms with Crippen LogP contribution in [0.2, 0.25) is 0 Å². The minimum atomic E-state index is 0.551. The van der Waals surface area contributed by atoms with Crippen LogP contribution in [0.5, 0.6) is 0 Å². The molecular formula is C8H19N3S2. The van der Waals surface area contributed by atoms with E-state index >= 15 is 0 Å². The molecule has 0 rings (SSSR count). The number of nitrogens with two attached hydrogens (primary N) is 1. The molecule has 0 aliphatic rings. The van der Waals surface area contributed by atoms with Gasteiger partial charge in [-0.15, -0.1) is 0 Å². The third kappa shape index (κ3) is 12.2. The maximum Gasteiger partial charge on any atom is 0.131 e. The molecule has 0 radical (unpaired) electrons. The Morgan fingerprint density at radius 2 is 2.00 bits per heavy atom. The van der Waals surface area contributed by atoms with Crippen LogP contribution in [0.15, 0.2) is 0 Å². The zero-order chi connectivity index (χ0) is 9.94. The number of nitrogens with one attached hydrogen (secondary N) is 2. The van der Waals surface area contributed by atoms with Gasteiger partial charge in [0.1, 0.15) is 4.32 Å². The van der Waals surface area contributed by atoms with Crippen LogP contribution in [0.4, 0.5) is 0 Å². The van der Waals surface area contributed by atoms with Gasteiger partial charge in [-0.2, -0.15) is 0 Å². The van der Waals surface area contributed by atoms with Crippen molar-refractivity contribution in [3.8, 4) is 0 Å². The van der Waals surface area contributed by atoms with E-state index in [4.69, 9.17) is 18.0 Å². The molecule has 13 heavy (non-hydrogen) atoms. The Morgan fingerprint density at radius 1 is 1.31 bits per heavy atom. The predicted octanol–water partition coefficient (Wildman–Crippen LogP) is 0.552. The van der Waals surface area contributed by atoms with Crippen molar-refractivity contribution >= 4 is 28.3 Å². The quantitative estimate of drug-likeness (QED) is 0.413. The highest BCUT2D eigenvalue weighted by atomic mass is 32.2. The van der Waals surface area contributed by atoms with Gasteiger partial charge in [-0.1, -0.05) is 24.0 Å². The van der Waals surface area contributed by atoms with Gasteiger partial charge in [0.15, 0.2) is 0 Å². The molecule has 0 aromatic rings. The van der Waals surface area contributed by atoms with Crippen molar-refractivity contribution in [2.24, 2.45) is 5.73 Å². The third-order valence-electron chi connectivity index (χ3n) is 1.52. The van der Waals surface area contributed by atoms with E-state index in [0.717, 1.165) is 31.8 Å². The Labute approximate surface area is 90.2 Å². The minimum absolute atomic E-state index is 0.551. The highest BCUT2D eigenvalue weighted by Crippen LogP contribution is 2.00. The lowest BCUT2D eigenvalue weighted by molar-refractivity contribution is 0.621. The maximum absolute atomic E-state index is 5.34. The molecule has 0 aromatic carbocycles. The van der Waals surface area contributed by atoms with Gasteiger partial charge in [0.05, 0.1) is 0 Å². The summed E-state index contributed by atoms with van der Waals surface area (Å²) in [6.07, 6.45) is 2.31. The van der Waals surface area contributed by atoms with Gasteiger partial charge in [0.2, 0.25) is 0 Å². The van der Waals surface area contributed by atoms with Gasteiger partial charge in [0.25, 0.3) is 0 Å². The lowest BCUT2D eigenvalue weighted by Gasteiger charge is -2.03. The second-order valence-electron chi connectivity index (χ2n) is 2.73. The van der Waals surface area contributed by atoms with Crippen molar-refractivity contribution in [3.05, 3.63) is 0 Å². The van der Waals surface area contributed by atoms with E-state index in [9.17, 15) is 0 Å². The first-order valence-corrected chi connectivity index (χ1v) is 5.94. The van der Waals surface area contributed by atoms with Crippen molar-refractivity contribution in [1.29, 1.82) is 0 Å². The Hall–Kier alpha value is 0.160. The number of hydrogen-bond acceptors (Lipinski definition) is 4. The standard InChI is InChI=1S/C8H19N3S2/c1-10-4-2-5-11-6-3-7-13-8(9)12/h10-11H,2-7H2,1H3,(H2,9,12). The molecule has 0 aromatic heterocycles. The van der Waals surface area contributed by atoms with Crippen LogP contribution >= 0.6 is 24.0 Å². The van der Waals surface area contributed by atoms with Crippen LogP contribution in [0.3, 0.4) is 0 Å². The molecule has 0 heterocycles. The largest absolute Gasteiger partial charge is 0.385 e. The average molecular weight is 221 g/mol. The molecule has 0 spiro atoms. The van der Waals surface area contributed by atoms with Gasteiger partial charge in [-0.3, -0.25) is 0 Å². The molecular weight excluding hydrogens is 202 g/mol. The van der Waals surface area contributed by atoms with E-state index in [1.165, 1.54) is 6.42 Å². The fourth-order valence-corrected chi connectivity index (χ4v) is 1.62. The van der Waals surface area contributed by atoms with Gasteiger partial charge in [0, 0.05) is 5.75 Å². The summed E-state index contributed by atoms with van der Waals surface area (Å²) >= 11 is 6.30. The summed E-state index contributed by atoms with van der Waals surface area (Å²) < 4.78 is 0.551. The lowest BCUT2D eigenvalue weighted by atomic mass is 10.4. The first-order valence-electron chi connectivity index (χ1n) is 4.55. The number of rotatable bonds is 8. The zero-order valence-corrected chi connectivity index (χ0v) is 9.77. The molecule has 0 atom stereocenters. The first-order chi connectivity index (χ1) is 6.27. The van der Waals surface area contributed by atoms with Crippen molar-refractivity contribution in [2.45, 2.75) is 12.8 Å². The molecule has 4 N–H and O–H groups in total. The molecule has 0 aliphatic heterocycles. The lowest BCUT2D eigenvalue weighted by Crippen LogP contribution is -2.21. The fourth-order valence-electron chi connectivity index (χ4n) is 0.885. The van der Waals surface area contributed by atoms with Crippen LogP contribution in [0.1, 0.15) is 12.8 Å². The number of hydrogen-bond donors (Lipinski definition) is 3. The Balaban J connectivity index is 2.87. The third-order valence-corrected chi connectivity index (χ3v) is 2.65. The second kappa shape index (κ2) is 10.2. The van der Waals surface area contributed by atoms with Crippen molar-refractivity contribution in [1.82, 2.24) is 10.6 Å². The van der Waals surface area contributed by atoms with Crippen molar-refractivity contribution in [2.75, 3.05) is 32.4 Å². The topological polar surface area (TPSA) is 50.1 Å². The van der Waals surface area contributed by atoms with E-state index in [1.54, 1.807) is 11.8 Å². The summed E-state index contributed by atoms with van der Waals surface area (Å²) in [5.74, 6) is 1.02. The zero-order valence-electron chi connectivity index (χ0n) is 8.14. The van der Waals surface area contributed by atoms with Gasteiger partial charge >= 0.3 is 0 Å². The van der Waals surface area contributed by atoms with Crippen molar-refractivity contribution in [3.63, 3.8) is 0 Å². The Morgan fingerprint density at radius 3 is 2.62 bits per heavy atom. The van der Waals surface area contributed by atoms with Gasteiger partial charge < -0.3 is 16.4 Å². The molecule has 5 heteroatoms. The molecule has 0 aliphatic carbocycles. The van der Waals surface area contributed by atoms with E-state index in [0.29, 0.717) is 4.32 Å². The molecule has 78 valence electrons. The summed E-state index contributed by atoms with van der Waals surface area (Å²) in [4.78, 5) is 0. The van der Waals surface area contributed by atoms with Crippen molar-refractivity contribution < 1.29 is 0 Å². The highest BCUT2D eigenvalue weighted by Gasteiger charge is 1.91.